The monoisotopic (exact) mass is 676 g/mol. The number of hydrogen-bond donors (Lipinski definition) is 0. The van der Waals surface area contributed by atoms with Gasteiger partial charge in [0.2, 0.25) is 0 Å². The maximum absolute atomic E-state index is 5.07. The summed E-state index contributed by atoms with van der Waals surface area (Å²) in [6, 6.07) is 17.2. The number of benzene rings is 2. The number of rotatable bonds is 9. The number of hydrogen-bond acceptors (Lipinski definition) is 2. The van der Waals surface area contributed by atoms with Crippen LogP contribution >= 0.6 is 0 Å². The van der Waals surface area contributed by atoms with Crippen LogP contribution in [-0.4, -0.2) is 35.6 Å². The van der Waals surface area contributed by atoms with Crippen molar-refractivity contribution in [3.05, 3.63) is 93.1 Å². The van der Waals surface area contributed by atoms with E-state index >= 15 is 0 Å². The molecule has 2 aromatic carbocycles. The summed E-state index contributed by atoms with van der Waals surface area (Å²) in [6.07, 6.45) is 3.57. The minimum absolute atomic E-state index is 0. The van der Waals surface area contributed by atoms with Gasteiger partial charge in [0.05, 0.1) is 0 Å². The second-order valence-corrected chi connectivity index (χ2v) is 24.0. The molecule has 0 unspecified atom stereocenters. The smallest absolute Gasteiger partial charge is 0.687 e. The van der Waals surface area contributed by atoms with E-state index in [1.807, 2.05) is 31.1 Å². The van der Waals surface area contributed by atoms with Crippen molar-refractivity contribution in [3.63, 3.8) is 0 Å². The van der Waals surface area contributed by atoms with Gasteiger partial charge in [0.25, 0.3) is 0 Å². The Hall–Kier alpha value is -2.08. The minimum Gasteiger partial charge on any atom is -0.687 e. The van der Waals surface area contributed by atoms with Gasteiger partial charge in [0, 0.05) is 32.2 Å². The normalized spacial score (nSPS) is 11.4. The molecule has 3 aromatic rings. The standard InChI is InChI=1S/2C15H26NSi.C7H10N2.Ni/c2*1-11(2)13-9-8-10-14(12(3)4)15(13)16-17(5,6)7;1-9(2)7-3-5-8-6-4-7;/h2*8-12H,1-7H3;3-6H,1-2H3;/q2*-1;;+2. The van der Waals surface area contributed by atoms with Gasteiger partial charge in [-0.1, -0.05) is 153 Å². The van der Waals surface area contributed by atoms with Gasteiger partial charge in [-0.25, -0.2) is 0 Å². The van der Waals surface area contributed by atoms with E-state index in [1.54, 1.807) is 12.4 Å². The van der Waals surface area contributed by atoms with E-state index in [0.717, 1.165) is 0 Å². The molecule has 44 heavy (non-hydrogen) atoms. The Kier molecular flexibility index (Phi) is 17.9. The predicted molar refractivity (Wildman–Crippen MR) is 201 cm³/mol. The fourth-order valence-electron chi connectivity index (χ4n) is 4.59. The van der Waals surface area contributed by atoms with E-state index in [2.05, 4.69) is 136 Å². The molecule has 0 bridgehead atoms. The van der Waals surface area contributed by atoms with Crippen molar-refractivity contribution in [1.29, 1.82) is 0 Å². The van der Waals surface area contributed by atoms with Crippen molar-refractivity contribution in [3.8, 4) is 0 Å². The van der Waals surface area contributed by atoms with E-state index in [1.165, 1.54) is 39.3 Å². The third-order valence-electron chi connectivity index (χ3n) is 6.76. The van der Waals surface area contributed by atoms with E-state index < -0.39 is 16.5 Å². The molecule has 0 aliphatic carbocycles. The first-order valence-corrected chi connectivity index (χ1v) is 22.9. The quantitative estimate of drug-likeness (QED) is 0.212. The van der Waals surface area contributed by atoms with Gasteiger partial charge < -0.3 is 14.9 Å². The van der Waals surface area contributed by atoms with Gasteiger partial charge in [-0.3, -0.25) is 4.98 Å². The van der Waals surface area contributed by atoms with Gasteiger partial charge in [-0.05, 0) is 52.3 Å². The predicted octanol–water partition coefficient (Wildman–Crippen LogP) is 12.7. The molecular weight excluding hydrogens is 615 g/mol. The summed E-state index contributed by atoms with van der Waals surface area (Å²) in [4.78, 5) is 16.1. The van der Waals surface area contributed by atoms with Crippen molar-refractivity contribution in [2.24, 2.45) is 0 Å². The first-order valence-electron chi connectivity index (χ1n) is 16.0. The van der Waals surface area contributed by atoms with Crippen LogP contribution in [0.25, 0.3) is 9.96 Å². The van der Waals surface area contributed by atoms with Crippen LogP contribution in [0.5, 0.6) is 0 Å². The van der Waals surface area contributed by atoms with Crippen LogP contribution in [0.3, 0.4) is 0 Å². The summed E-state index contributed by atoms with van der Waals surface area (Å²) in [5.74, 6) is 2.18. The van der Waals surface area contributed by atoms with Gasteiger partial charge in [0.1, 0.15) is 0 Å². The number of nitrogens with zero attached hydrogens (tertiary/aromatic N) is 4. The van der Waals surface area contributed by atoms with Crippen LogP contribution in [0.4, 0.5) is 17.1 Å². The third kappa shape index (κ3) is 14.8. The zero-order valence-corrected chi connectivity index (χ0v) is 33.7. The summed E-state index contributed by atoms with van der Waals surface area (Å²) in [7, 11) is 1.16. The Morgan fingerprint density at radius 2 is 0.795 bits per heavy atom. The van der Waals surface area contributed by atoms with Crippen molar-refractivity contribution in [2.45, 2.75) is 118 Å². The Morgan fingerprint density at radius 1 is 0.523 bits per heavy atom. The molecule has 1 aromatic heterocycles. The molecule has 7 heteroatoms. The Morgan fingerprint density at radius 3 is 0.977 bits per heavy atom. The van der Waals surface area contributed by atoms with Crippen LogP contribution in [0.1, 0.15) is 101 Å². The SMILES string of the molecule is CC(C)c1cccc(C(C)C)c1[N-][Si](C)(C)C.CC(C)c1cccc(C(C)C)c1[N-][Si](C)(C)C.CN(C)c1ccncc1.[Ni+2]. The fraction of sp³-hybridized carbons (Fsp3) is 0.541. The number of pyridine rings is 1. The molecule has 0 aliphatic rings. The summed E-state index contributed by atoms with van der Waals surface area (Å²) in [5, 5.41) is 0. The number of aromatic nitrogens is 1. The third-order valence-corrected chi connectivity index (χ3v) is 8.55. The summed E-state index contributed by atoms with van der Waals surface area (Å²) < 4.78 is 0. The van der Waals surface area contributed by atoms with Gasteiger partial charge in [-0.2, -0.15) is 0 Å². The van der Waals surface area contributed by atoms with Crippen LogP contribution in [-0.2, 0) is 16.5 Å². The summed E-state index contributed by atoms with van der Waals surface area (Å²) in [5.41, 5.74) is 9.34. The van der Waals surface area contributed by atoms with Crippen molar-refractivity contribution in [2.75, 3.05) is 19.0 Å². The second-order valence-electron chi connectivity index (χ2n) is 14.9. The van der Waals surface area contributed by atoms with E-state index in [9.17, 15) is 0 Å². The molecule has 0 fully saturated rings. The minimum atomic E-state index is -1.43. The average Bonchev–Trinajstić information content (AvgIpc) is 2.87. The molecule has 0 N–H and O–H groups in total. The van der Waals surface area contributed by atoms with Crippen LogP contribution in [0.15, 0.2) is 60.9 Å². The molecule has 0 saturated heterocycles. The van der Waals surface area contributed by atoms with Crippen molar-refractivity contribution in [1.82, 2.24) is 4.98 Å². The largest absolute Gasteiger partial charge is 2.00 e. The molecule has 1 heterocycles. The van der Waals surface area contributed by atoms with E-state index in [4.69, 9.17) is 9.96 Å². The molecule has 0 radical (unpaired) electrons. The molecule has 0 saturated carbocycles. The number of anilines is 1. The second kappa shape index (κ2) is 18.8. The zero-order valence-electron chi connectivity index (χ0n) is 30.7. The van der Waals surface area contributed by atoms with Gasteiger partial charge in [-0.15, -0.1) is 11.4 Å². The van der Waals surface area contributed by atoms with E-state index in [0.29, 0.717) is 23.7 Å². The summed E-state index contributed by atoms with van der Waals surface area (Å²) >= 11 is 0. The van der Waals surface area contributed by atoms with Crippen molar-refractivity contribution < 1.29 is 16.5 Å². The van der Waals surface area contributed by atoms with Crippen LogP contribution < -0.4 is 4.90 Å². The first-order chi connectivity index (χ1) is 19.7. The molecule has 0 spiro atoms. The Bertz CT molecular complexity index is 1100. The van der Waals surface area contributed by atoms with Gasteiger partial charge in [0.15, 0.2) is 0 Å². The van der Waals surface area contributed by atoms with Gasteiger partial charge >= 0.3 is 16.5 Å². The van der Waals surface area contributed by atoms with E-state index in [-0.39, 0.29) is 16.5 Å². The molecule has 0 aliphatic heterocycles. The molecule has 4 nitrogen and oxygen atoms in total. The Labute approximate surface area is 284 Å². The van der Waals surface area contributed by atoms with Crippen LogP contribution in [0, 0.1) is 0 Å². The Balaban J connectivity index is 0.000000652. The molecule has 3 rings (SSSR count). The fourth-order valence-corrected chi connectivity index (χ4v) is 6.45. The molecular formula is C37H62N4NiSi2. The zero-order chi connectivity index (χ0) is 33.1. The molecule has 0 atom stereocenters. The topological polar surface area (TPSA) is 44.3 Å². The maximum atomic E-state index is 5.07. The summed E-state index contributed by atoms with van der Waals surface area (Å²) in [6.45, 7) is 31.8. The average molecular weight is 678 g/mol. The van der Waals surface area contributed by atoms with Crippen molar-refractivity contribution >= 4 is 33.5 Å². The molecule has 248 valence electrons. The molecule has 0 amide bonds. The van der Waals surface area contributed by atoms with Crippen LogP contribution in [0.2, 0.25) is 39.3 Å². The first kappa shape index (κ1) is 41.9. The maximum Gasteiger partial charge on any atom is 2.00 e.